The number of carbonyl (C=O) groups excluding carboxylic acids is 1. The van der Waals surface area contributed by atoms with Gasteiger partial charge in [-0.2, -0.15) is 5.26 Å². The van der Waals surface area contributed by atoms with Crippen molar-refractivity contribution in [1.82, 2.24) is 0 Å². The molecule has 2 aromatic carbocycles. The van der Waals surface area contributed by atoms with Crippen LogP contribution >= 0.6 is 15.9 Å². The fourth-order valence-corrected chi connectivity index (χ4v) is 2.30. The lowest BCUT2D eigenvalue weighted by Gasteiger charge is -2.07. The normalized spacial score (nSPS) is 9.90. The molecular weight excluding hydrogens is 330 g/mol. The van der Waals surface area contributed by atoms with Gasteiger partial charge in [0.25, 0.3) is 0 Å². The molecule has 2 aromatic rings. The Bertz CT molecular complexity index is 707. The summed E-state index contributed by atoms with van der Waals surface area (Å²) in [6.07, 6.45) is 0.944. The molecule has 1 amide bonds. The highest BCUT2D eigenvalue weighted by molar-refractivity contribution is 9.10. The van der Waals surface area contributed by atoms with Crippen LogP contribution in [0.5, 0.6) is 0 Å². The van der Waals surface area contributed by atoms with Crippen molar-refractivity contribution in [3.05, 3.63) is 58.1 Å². The smallest absolute Gasteiger partial charge is 0.224 e. The number of amides is 1. The van der Waals surface area contributed by atoms with Crippen molar-refractivity contribution in [3.8, 4) is 6.07 Å². The summed E-state index contributed by atoms with van der Waals surface area (Å²) in [7, 11) is 0. The number of aryl methyl sites for hydroxylation is 1. The van der Waals surface area contributed by atoms with E-state index >= 15 is 0 Å². The maximum absolute atomic E-state index is 12.0. The second-order valence-corrected chi connectivity index (χ2v) is 5.51. The maximum Gasteiger partial charge on any atom is 0.224 e. The third kappa shape index (κ3) is 4.33. The molecular formula is C16H14BrN3O. The summed E-state index contributed by atoms with van der Waals surface area (Å²) in [4.78, 5) is 12.0. The molecule has 106 valence electrons. The van der Waals surface area contributed by atoms with E-state index in [0.717, 1.165) is 10.0 Å². The number of rotatable bonds is 4. The summed E-state index contributed by atoms with van der Waals surface area (Å²) in [5.74, 6) is -0.128. The second-order valence-electron chi connectivity index (χ2n) is 4.59. The van der Waals surface area contributed by atoms with Crippen LogP contribution in [0.3, 0.4) is 0 Å². The van der Waals surface area contributed by atoms with Gasteiger partial charge in [0, 0.05) is 16.6 Å². The van der Waals surface area contributed by atoms with Gasteiger partial charge in [-0.25, -0.2) is 0 Å². The summed E-state index contributed by atoms with van der Waals surface area (Å²) in [5, 5.41) is 11.8. The van der Waals surface area contributed by atoms with Crippen molar-refractivity contribution in [1.29, 1.82) is 5.26 Å². The van der Waals surface area contributed by atoms with Crippen LogP contribution in [-0.2, 0) is 11.2 Å². The van der Waals surface area contributed by atoms with E-state index in [0.29, 0.717) is 29.8 Å². The van der Waals surface area contributed by atoms with Gasteiger partial charge in [-0.3, -0.25) is 4.79 Å². The van der Waals surface area contributed by atoms with Crippen molar-refractivity contribution >= 4 is 33.2 Å². The average Bonchev–Trinajstić information content (AvgIpc) is 2.47. The van der Waals surface area contributed by atoms with Gasteiger partial charge in [0.2, 0.25) is 5.91 Å². The van der Waals surface area contributed by atoms with Gasteiger partial charge in [-0.15, -0.1) is 0 Å². The van der Waals surface area contributed by atoms with Gasteiger partial charge in [0.05, 0.1) is 11.3 Å². The van der Waals surface area contributed by atoms with Gasteiger partial charge in [-0.05, 0) is 42.3 Å². The Balaban J connectivity index is 1.98. The van der Waals surface area contributed by atoms with Gasteiger partial charge in [0.1, 0.15) is 6.07 Å². The molecule has 4 nitrogen and oxygen atoms in total. The first-order valence-corrected chi connectivity index (χ1v) is 7.21. The number of nitriles is 1. The van der Waals surface area contributed by atoms with Gasteiger partial charge in [0.15, 0.2) is 0 Å². The summed E-state index contributed by atoms with van der Waals surface area (Å²) in [5.41, 5.74) is 8.36. The number of nitrogens with zero attached hydrogens (tertiary/aromatic N) is 1. The van der Waals surface area contributed by atoms with Gasteiger partial charge < -0.3 is 11.1 Å². The topological polar surface area (TPSA) is 78.9 Å². The van der Waals surface area contributed by atoms with Crippen LogP contribution in [0.1, 0.15) is 17.5 Å². The Labute approximate surface area is 131 Å². The van der Waals surface area contributed by atoms with Crippen molar-refractivity contribution in [3.63, 3.8) is 0 Å². The first-order valence-electron chi connectivity index (χ1n) is 6.42. The molecule has 2 rings (SSSR count). The highest BCUT2D eigenvalue weighted by atomic mass is 79.9. The van der Waals surface area contributed by atoms with E-state index in [-0.39, 0.29) is 5.91 Å². The average molecular weight is 344 g/mol. The lowest BCUT2D eigenvalue weighted by atomic mass is 10.1. The predicted octanol–water partition coefficient (Wildman–Crippen LogP) is 3.47. The van der Waals surface area contributed by atoms with Crippen LogP contribution in [0.15, 0.2) is 46.9 Å². The number of benzene rings is 2. The number of hydrogen-bond donors (Lipinski definition) is 2. The molecule has 0 radical (unpaired) electrons. The molecule has 0 aliphatic carbocycles. The third-order valence-electron chi connectivity index (χ3n) is 2.97. The molecule has 0 saturated heterocycles. The van der Waals surface area contributed by atoms with Crippen molar-refractivity contribution in [2.45, 2.75) is 12.8 Å². The molecule has 0 fully saturated rings. The fourth-order valence-electron chi connectivity index (χ4n) is 1.94. The predicted molar refractivity (Wildman–Crippen MR) is 86.7 cm³/mol. The molecule has 0 aliphatic heterocycles. The Kier molecular flexibility index (Phi) is 4.96. The molecule has 3 N–H and O–H groups in total. The monoisotopic (exact) mass is 343 g/mol. The van der Waals surface area contributed by atoms with Crippen LogP contribution in [0, 0.1) is 11.3 Å². The first-order chi connectivity index (χ1) is 10.1. The summed E-state index contributed by atoms with van der Waals surface area (Å²) in [6.45, 7) is 0. The van der Waals surface area contributed by atoms with E-state index in [2.05, 4.69) is 27.3 Å². The summed E-state index contributed by atoms with van der Waals surface area (Å²) in [6, 6.07) is 14.7. The van der Waals surface area contributed by atoms with Gasteiger partial charge in [-0.1, -0.05) is 28.1 Å². The molecule has 0 heterocycles. The fraction of sp³-hybridized carbons (Fsp3) is 0.125. The Morgan fingerprint density at radius 3 is 2.81 bits per heavy atom. The van der Waals surface area contributed by atoms with E-state index < -0.39 is 0 Å². The first kappa shape index (κ1) is 15.1. The Hall–Kier alpha value is -2.32. The highest BCUT2D eigenvalue weighted by Gasteiger charge is 2.07. The van der Waals surface area contributed by atoms with Gasteiger partial charge >= 0.3 is 0 Å². The van der Waals surface area contributed by atoms with E-state index in [1.807, 2.05) is 24.3 Å². The SMILES string of the molecule is N#Cc1cc(Br)ccc1NC(=O)CCc1cccc(N)c1. The summed E-state index contributed by atoms with van der Waals surface area (Å²) >= 11 is 3.30. The van der Waals surface area contributed by atoms with E-state index in [1.54, 1.807) is 18.2 Å². The molecule has 0 aromatic heterocycles. The molecule has 0 unspecified atom stereocenters. The van der Waals surface area contributed by atoms with Crippen LogP contribution in [0.25, 0.3) is 0 Å². The Morgan fingerprint density at radius 2 is 2.10 bits per heavy atom. The molecule has 21 heavy (non-hydrogen) atoms. The minimum absolute atomic E-state index is 0.128. The zero-order valence-electron chi connectivity index (χ0n) is 11.3. The number of nitrogens with two attached hydrogens (primary N) is 1. The van der Waals surface area contributed by atoms with Crippen molar-refractivity contribution in [2.75, 3.05) is 11.1 Å². The molecule has 0 spiro atoms. The molecule has 0 bridgehead atoms. The lowest BCUT2D eigenvalue weighted by molar-refractivity contribution is -0.116. The number of anilines is 2. The third-order valence-corrected chi connectivity index (χ3v) is 3.46. The van der Waals surface area contributed by atoms with E-state index in [4.69, 9.17) is 11.0 Å². The van der Waals surface area contributed by atoms with Crippen LogP contribution in [-0.4, -0.2) is 5.91 Å². The zero-order valence-corrected chi connectivity index (χ0v) is 12.9. The lowest BCUT2D eigenvalue weighted by Crippen LogP contribution is -2.13. The minimum Gasteiger partial charge on any atom is -0.399 e. The van der Waals surface area contributed by atoms with Crippen molar-refractivity contribution in [2.24, 2.45) is 0 Å². The zero-order chi connectivity index (χ0) is 15.2. The quantitative estimate of drug-likeness (QED) is 0.834. The highest BCUT2D eigenvalue weighted by Crippen LogP contribution is 2.20. The van der Waals surface area contributed by atoms with Crippen LogP contribution in [0.4, 0.5) is 11.4 Å². The summed E-state index contributed by atoms with van der Waals surface area (Å²) < 4.78 is 0.803. The second kappa shape index (κ2) is 6.91. The number of halogens is 1. The molecule has 0 atom stereocenters. The number of nitrogens with one attached hydrogen (secondary N) is 1. The minimum atomic E-state index is -0.128. The molecule has 5 heteroatoms. The van der Waals surface area contributed by atoms with Crippen molar-refractivity contribution < 1.29 is 4.79 Å². The standard InChI is InChI=1S/C16H14BrN3O/c17-13-5-6-15(12(9-13)10-18)20-16(21)7-4-11-2-1-3-14(19)8-11/h1-3,5-6,8-9H,4,7,19H2,(H,20,21). The van der Waals surface area contributed by atoms with Crippen LogP contribution in [0.2, 0.25) is 0 Å². The molecule has 0 saturated carbocycles. The number of nitrogen functional groups attached to an aromatic ring is 1. The Morgan fingerprint density at radius 1 is 1.29 bits per heavy atom. The van der Waals surface area contributed by atoms with Crippen LogP contribution < -0.4 is 11.1 Å². The number of hydrogen-bond acceptors (Lipinski definition) is 3. The van der Waals surface area contributed by atoms with E-state index in [1.165, 1.54) is 0 Å². The van der Waals surface area contributed by atoms with E-state index in [9.17, 15) is 4.79 Å². The maximum atomic E-state index is 12.0. The largest absolute Gasteiger partial charge is 0.399 e. The molecule has 0 aliphatic rings. The number of carbonyl (C=O) groups is 1.